The molecule has 2 rings (SSSR count). The number of nitro groups is 1. The molecule has 0 radical (unpaired) electrons. The first kappa shape index (κ1) is 15.1. The fraction of sp³-hybridized carbons (Fsp3) is 0.231. The molecular weight excluding hydrogens is 299 g/mol. The van der Waals surface area contributed by atoms with Crippen LogP contribution in [0.2, 0.25) is 5.15 Å². The van der Waals surface area contributed by atoms with Crippen molar-refractivity contribution in [3.05, 3.63) is 51.2 Å². The molecule has 6 nitrogen and oxygen atoms in total. The van der Waals surface area contributed by atoms with E-state index in [0.717, 1.165) is 12.1 Å². The van der Waals surface area contributed by atoms with Crippen molar-refractivity contribution in [1.29, 1.82) is 0 Å². The van der Waals surface area contributed by atoms with Crippen molar-refractivity contribution >= 4 is 28.8 Å². The average Bonchev–Trinajstić information content (AvgIpc) is 2.40. The molecule has 8 heteroatoms. The van der Waals surface area contributed by atoms with Crippen LogP contribution in [0, 0.1) is 15.9 Å². The first-order valence-electron chi connectivity index (χ1n) is 6.12. The SMILES string of the molecule is CC(C)c1nc(Cl)cc(Nc2ccc(F)cc2[N+](=O)[O-])n1. The molecule has 0 atom stereocenters. The number of nitro benzene ring substituents is 1. The molecule has 110 valence electrons. The Balaban J connectivity index is 2.41. The highest BCUT2D eigenvalue weighted by molar-refractivity contribution is 6.29. The summed E-state index contributed by atoms with van der Waals surface area (Å²) in [5.74, 6) is 0.187. The van der Waals surface area contributed by atoms with E-state index in [1.54, 1.807) is 0 Å². The molecule has 0 spiro atoms. The summed E-state index contributed by atoms with van der Waals surface area (Å²) < 4.78 is 13.1. The highest BCUT2D eigenvalue weighted by Gasteiger charge is 2.16. The van der Waals surface area contributed by atoms with Crippen molar-refractivity contribution in [1.82, 2.24) is 9.97 Å². The van der Waals surface area contributed by atoms with Gasteiger partial charge in [0.15, 0.2) is 0 Å². The second-order valence-corrected chi connectivity index (χ2v) is 5.02. The van der Waals surface area contributed by atoms with Crippen LogP contribution in [0.1, 0.15) is 25.6 Å². The lowest BCUT2D eigenvalue weighted by atomic mass is 10.2. The quantitative estimate of drug-likeness (QED) is 0.523. The lowest BCUT2D eigenvalue weighted by molar-refractivity contribution is -0.384. The zero-order valence-electron chi connectivity index (χ0n) is 11.3. The van der Waals surface area contributed by atoms with Crippen molar-refractivity contribution in [2.24, 2.45) is 0 Å². The number of hydrogen-bond donors (Lipinski definition) is 1. The van der Waals surface area contributed by atoms with Gasteiger partial charge in [0.1, 0.15) is 28.3 Å². The van der Waals surface area contributed by atoms with Crippen molar-refractivity contribution in [2.75, 3.05) is 5.32 Å². The Kier molecular flexibility index (Phi) is 4.32. The molecule has 1 aromatic carbocycles. The summed E-state index contributed by atoms with van der Waals surface area (Å²) >= 11 is 5.90. The van der Waals surface area contributed by atoms with E-state index in [4.69, 9.17) is 11.6 Å². The minimum Gasteiger partial charge on any atom is -0.334 e. The van der Waals surface area contributed by atoms with Crippen LogP contribution in [-0.4, -0.2) is 14.9 Å². The summed E-state index contributed by atoms with van der Waals surface area (Å²) in [7, 11) is 0. The normalized spacial score (nSPS) is 10.7. The third-order valence-electron chi connectivity index (χ3n) is 2.65. The predicted molar refractivity (Wildman–Crippen MR) is 77.5 cm³/mol. The molecule has 1 heterocycles. The van der Waals surface area contributed by atoms with Crippen LogP contribution in [0.15, 0.2) is 24.3 Å². The predicted octanol–water partition coefficient (Wildman–Crippen LogP) is 4.04. The number of halogens is 2. The smallest absolute Gasteiger partial charge is 0.295 e. The number of nitrogens with one attached hydrogen (secondary N) is 1. The Morgan fingerprint density at radius 2 is 2.05 bits per heavy atom. The highest BCUT2D eigenvalue weighted by atomic mass is 35.5. The third-order valence-corrected chi connectivity index (χ3v) is 2.84. The van der Waals surface area contributed by atoms with Crippen LogP contribution in [0.3, 0.4) is 0 Å². The second kappa shape index (κ2) is 6.01. The Labute approximate surface area is 125 Å². The molecule has 0 fully saturated rings. The molecule has 0 saturated carbocycles. The number of hydrogen-bond acceptors (Lipinski definition) is 5. The molecule has 0 aliphatic carbocycles. The molecule has 0 aliphatic heterocycles. The molecule has 1 N–H and O–H groups in total. The van der Waals surface area contributed by atoms with E-state index in [9.17, 15) is 14.5 Å². The van der Waals surface area contributed by atoms with E-state index < -0.39 is 10.7 Å². The Hall–Kier alpha value is -2.28. The maximum absolute atomic E-state index is 13.1. The monoisotopic (exact) mass is 310 g/mol. The van der Waals surface area contributed by atoms with Crippen molar-refractivity contribution in [3.63, 3.8) is 0 Å². The maximum atomic E-state index is 13.1. The van der Waals surface area contributed by atoms with Crippen LogP contribution in [0.5, 0.6) is 0 Å². The zero-order valence-corrected chi connectivity index (χ0v) is 12.1. The standard InChI is InChI=1S/C13H12ClFN4O2/c1-7(2)13-17-11(14)6-12(18-13)16-9-4-3-8(15)5-10(9)19(20)21/h3-7H,1-2H3,(H,16,17,18). The van der Waals surface area contributed by atoms with E-state index in [0.29, 0.717) is 11.6 Å². The summed E-state index contributed by atoms with van der Waals surface area (Å²) in [4.78, 5) is 18.6. The summed E-state index contributed by atoms with van der Waals surface area (Å²) in [5, 5.41) is 13.9. The van der Waals surface area contributed by atoms with Gasteiger partial charge in [-0.25, -0.2) is 14.4 Å². The topological polar surface area (TPSA) is 81.0 Å². The van der Waals surface area contributed by atoms with Gasteiger partial charge >= 0.3 is 0 Å². The number of nitrogens with zero attached hydrogens (tertiary/aromatic N) is 3. The van der Waals surface area contributed by atoms with Gasteiger partial charge in [-0.05, 0) is 12.1 Å². The van der Waals surface area contributed by atoms with Crippen LogP contribution in [0.4, 0.5) is 21.6 Å². The largest absolute Gasteiger partial charge is 0.334 e. The van der Waals surface area contributed by atoms with Crippen molar-refractivity contribution in [3.8, 4) is 0 Å². The third kappa shape index (κ3) is 3.63. The van der Waals surface area contributed by atoms with Crippen LogP contribution < -0.4 is 5.32 Å². The molecular formula is C13H12ClFN4O2. The number of rotatable bonds is 4. The molecule has 0 aliphatic rings. The first-order chi connectivity index (χ1) is 9.86. The van der Waals surface area contributed by atoms with Gasteiger partial charge in [-0.1, -0.05) is 25.4 Å². The van der Waals surface area contributed by atoms with Gasteiger partial charge in [0.05, 0.1) is 11.0 Å². The van der Waals surface area contributed by atoms with Gasteiger partial charge in [0.25, 0.3) is 5.69 Å². The Morgan fingerprint density at radius 1 is 1.33 bits per heavy atom. The molecule has 0 unspecified atom stereocenters. The highest BCUT2D eigenvalue weighted by Crippen LogP contribution is 2.28. The van der Waals surface area contributed by atoms with E-state index >= 15 is 0 Å². The Bertz CT molecular complexity index is 694. The summed E-state index contributed by atoms with van der Waals surface area (Å²) in [6.07, 6.45) is 0. The summed E-state index contributed by atoms with van der Waals surface area (Å²) in [5.41, 5.74) is -0.248. The molecule has 0 amide bonds. The van der Waals surface area contributed by atoms with Gasteiger partial charge in [0.2, 0.25) is 0 Å². The molecule has 0 bridgehead atoms. The van der Waals surface area contributed by atoms with Crippen LogP contribution >= 0.6 is 11.6 Å². The number of aromatic nitrogens is 2. The Morgan fingerprint density at radius 3 is 2.67 bits per heavy atom. The molecule has 1 aromatic heterocycles. The zero-order chi connectivity index (χ0) is 15.6. The second-order valence-electron chi connectivity index (χ2n) is 4.63. The van der Waals surface area contributed by atoms with E-state index in [1.807, 2.05) is 13.8 Å². The fourth-order valence-corrected chi connectivity index (χ4v) is 1.85. The average molecular weight is 311 g/mol. The minimum absolute atomic E-state index is 0.0486. The first-order valence-corrected chi connectivity index (χ1v) is 6.50. The van der Waals surface area contributed by atoms with Crippen LogP contribution in [0.25, 0.3) is 0 Å². The number of benzene rings is 1. The van der Waals surface area contributed by atoms with Crippen molar-refractivity contribution in [2.45, 2.75) is 19.8 Å². The minimum atomic E-state index is -0.684. The van der Waals surface area contributed by atoms with Gasteiger partial charge in [-0.3, -0.25) is 10.1 Å². The van der Waals surface area contributed by atoms with Crippen molar-refractivity contribution < 1.29 is 9.31 Å². The molecule has 0 saturated heterocycles. The molecule has 2 aromatic rings. The van der Waals surface area contributed by atoms with E-state index in [-0.39, 0.29) is 22.4 Å². The van der Waals surface area contributed by atoms with Gasteiger partial charge in [0, 0.05) is 12.0 Å². The van der Waals surface area contributed by atoms with Gasteiger partial charge < -0.3 is 5.32 Å². The lowest BCUT2D eigenvalue weighted by Gasteiger charge is -2.10. The van der Waals surface area contributed by atoms with Gasteiger partial charge in [-0.15, -0.1) is 0 Å². The van der Waals surface area contributed by atoms with Crippen LogP contribution in [-0.2, 0) is 0 Å². The van der Waals surface area contributed by atoms with E-state index in [2.05, 4.69) is 15.3 Å². The van der Waals surface area contributed by atoms with E-state index in [1.165, 1.54) is 12.1 Å². The fourth-order valence-electron chi connectivity index (χ4n) is 1.66. The molecule has 21 heavy (non-hydrogen) atoms. The van der Waals surface area contributed by atoms with Gasteiger partial charge in [-0.2, -0.15) is 0 Å². The number of anilines is 2. The summed E-state index contributed by atoms with van der Waals surface area (Å²) in [6, 6.07) is 4.69. The maximum Gasteiger partial charge on any atom is 0.295 e. The summed E-state index contributed by atoms with van der Waals surface area (Å²) in [6.45, 7) is 3.80. The lowest BCUT2D eigenvalue weighted by Crippen LogP contribution is -2.03.